The van der Waals surface area contributed by atoms with E-state index in [0.29, 0.717) is 0 Å². The molecule has 21 heavy (non-hydrogen) atoms. The first-order chi connectivity index (χ1) is 10.3. The van der Waals surface area contributed by atoms with E-state index in [4.69, 9.17) is 4.98 Å². The Bertz CT molecular complexity index is 473. The number of thioether (sulfide) groups is 1. The maximum absolute atomic E-state index is 4.88. The highest BCUT2D eigenvalue weighted by Gasteiger charge is 2.22. The van der Waals surface area contributed by atoms with E-state index in [1.54, 1.807) is 0 Å². The second-order valence-electron chi connectivity index (χ2n) is 6.18. The van der Waals surface area contributed by atoms with Gasteiger partial charge in [0, 0.05) is 42.4 Å². The highest BCUT2D eigenvalue weighted by atomic mass is 32.2. The first-order valence-electron chi connectivity index (χ1n) is 8.38. The number of hydrogen-bond donors (Lipinski definition) is 1. The van der Waals surface area contributed by atoms with Gasteiger partial charge in [0.25, 0.3) is 0 Å². The lowest BCUT2D eigenvalue weighted by molar-refractivity contribution is 0.682. The SMILES string of the molecule is CCc1cc(CNC2CC2)cc(N2CCSC(CC)C2)n1. The van der Waals surface area contributed by atoms with Gasteiger partial charge in [-0.1, -0.05) is 13.8 Å². The molecule has 1 saturated carbocycles. The van der Waals surface area contributed by atoms with Crippen LogP contribution < -0.4 is 10.2 Å². The maximum Gasteiger partial charge on any atom is 0.129 e. The fourth-order valence-corrected chi connectivity index (χ4v) is 3.98. The average Bonchev–Trinajstić information content (AvgIpc) is 3.37. The van der Waals surface area contributed by atoms with Crippen LogP contribution in [0.15, 0.2) is 12.1 Å². The molecular formula is C17H27N3S. The van der Waals surface area contributed by atoms with Gasteiger partial charge in [-0.25, -0.2) is 4.98 Å². The lowest BCUT2D eigenvalue weighted by Crippen LogP contribution is -2.38. The van der Waals surface area contributed by atoms with Crippen molar-refractivity contribution >= 4 is 17.6 Å². The average molecular weight is 305 g/mol. The summed E-state index contributed by atoms with van der Waals surface area (Å²) in [4.78, 5) is 7.37. The Morgan fingerprint density at radius 2 is 2.19 bits per heavy atom. The molecule has 116 valence electrons. The molecule has 1 atom stereocenters. The van der Waals surface area contributed by atoms with Crippen molar-refractivity contribution in [3.05, 3.63) is 23.4 Å². The Balaban J connectivity index is 1.73. The molecule has 1 N–H and O–H groups in total. The summed E-state index contributed by atoms with van der Waals surface area (Å²) in [5.74, 6) is 2.42. The molecule has 1 aliphatic heterocycles. The maximum atomic E-state index is 4.88. The first kappa shape index (κ1) is 15.2. The first-order valence-corrected chi connectivity index (χ1v) is 9.43. The van der Waals surface area contributed by atoms with E-state index in [2.05, 4.69) is 48.0 Å². The number of aryl methyl sites for hydroxylation is 1. The van der Waals surface area contributed by atoms with Crippen LogP contribution in [0.5, 0.6) is 0 Å². The highest BCUT2D eigenvalue weighted by molar-refractivity contribution is 8.00. The number of pyridine rings is 1. The van der Waals surface area contributed by atoms with Crippen molar-refractivity contribution in [3.8, 4) is 0 Å². The van der Waals surface area contributed by atoms with E-state index in [0.717, 1.165) is 37.3 Å². The fourth-order valence-electron chi connectivity index (χ4n) is 2.80. The van der Waals surface area contributed by atoms with E-state index in [1.807, 2.05) is 0 Å². The number of aromatic nitrogens is 1. The van der Waals surface area contributed by atoms with Crippen LogP contribution in [-0.2, 0) is 13.0 Å². The van der Waals surface area contributed by atoms with E-state index in [9.17, 15) is 0 Å². The Labute approximate surface area is 132 Å². The lowest BCUT2D eigenvalue weighted by atomic mass is 10.1. The predicted octanol–water partition coefficient (Wildman–Crippen LogP) is 3.23. The second kappa shape index (κ2) is 7.01. The minimum atomic E-state index is 0.763. The Morgan fingerprint density at radius 3 is 2.90 bits per heavy atom. The van der Waals surface area contributed by atoms with Crippen molar-refractivity contribution in [2.24, 2.45) is 0 Å². The molecule has 1 saturated heterocycles. The summed E-state index contributed by atoms with van der Waals surface area (Å²) in [5, 5.41) is 4.39. The molecule has 2 heterocycles. The molecule has 0 amide bonds. The van der Waals surface area contributed by atoms with Crippen molar-refractivity contribution in [1.29, 1.82) is 0 Å². The van der Waals surface area contributed by atoms with Gasteiger partial charge in [0.15, 0.2) is 0 Å². The summed E-state index contributed by atoms with van der Waals surface area (Å²) in [6, 6.07) is 5.34. The molecule has 4 heteroatoms. The summed E-state index contributed by atoms with van der Waals surface area (Å²) in [5.41, 5.74) is 2.63. The number of rotatable bonds is 6. The zero-order chi connectivity index (χ0) is 14.7. The zero-order valence-corrected chi connectivity index (χ0v) is 14.1. The summed E-state index contributed by atoms with van der Waals surface area (Å²) < 4.78 is 0. The molecule has 0 spiro atoms. The molecule has 1 aromatic heterocycles. The standard InChI is InChI=1S/C17H27N3S/c1-3-14-9-13(11-18-15-5-6-15)10-17(19-14)20-7-8-21-16(4-2)12-20/h9-10,15-16,18H,3-8,11-12H2,1-2H3. The Hall–Kier alpha value is -0.740. The smallest absolute Gasteiger partial charge is 0.129 e. The van der Waals surface area contributed by atoms with Gasteiger partial charge in [0.05, 0.1) is 0 Å². The molecule has 1 aromatic rings. The van der Waals surface area contributed by atoms with Crippen molar-refractivity contribution in [1.82, 2.24) is 10.3 Å². The monoisotopic (exact) mass is 305 g/mol. The molecular weight excluding hydrogens is 278 g/mol. The van der Waals surface area contributed by atoms with Gasteiger partial charge in [-0.05, 0) is 43.4 Å². The van der Waals surface area contributed by atoms with Crippen molar-refractivity contribution in [2.45, 2.75) is 57.4 Å². The lowest BCUT2D eigenvalue weighted by Gasteiger charge is -2.33. The van der Waals surface area contributed by atoms with Crippen LogP contribution in [0.2, 0.25) is 0 Å². The normalized spacial score (nSPS) is 22.6. The second-order valence-corrected chi connectivity index (χ2v) is 7.59. The van der Waals surface area contributed by atoms with E-state index >= 15 is 0 Å². The summed E-state index contributed by atoms with van der Waals surface area (Å²) >= 11 is 2.12. The van der Waals surface area contributed by atoms with E-state index in [1.165, 1.54) is 42.1 Å². The van der Waals surface area contributed by atoms with Gasteiger partial charge in [-0.3, -0.25) is 0 Å². The fraction of sp³-hybridized carbons (Fsp3) is 0.706. The van der Waals surface area contributed by atoms with Crippen molar-refractivity contribution < 1.29 is 0 Å². The van der Waals surface area contributed by atoms with Crippen LogP contribution in [0, 0.1) is 0 Å². The summed E-state index contributed by atoms with van der Waals surface area (Å²) in [7, 11) is 0. The van der Waals surface area contributed by atoms with Crippen LogP contribution in [0.25, 0.3) is 0 Å². The topological polar surface area (TPSA) is 28.2 Å². The van der Waals surface area contributed by atoms with Gasteiger partial charge < -0.3 is 10.2 Å². The van der Waals surface area contributed by atoms with Crippen LogP contribution in [-0.4, -0.2) is 35.1 Å². The zero-order valence-electron chi connectivity index (χ0n) is 13.3. The minimum Gasteiger partial charge on any atom is -0.355 e. The molecule has 3 rings (SSSR count). The number of hydrogen-bond acceptors (Lipinski definition) is 4. The quantitative estimate of drug-likeness (QED) is 0.873. The van der Waals surface area contributed by atoms with Crippen LogP contribution in [0.3, 0.4) is 0 Å². The van der Waals surface area contributed by atoms with E-state index in [-0.39, 0.29) is 0 Å². The molecule has 2 aliphatic rings. The van der Waals surface area contributed by atoms with Gasteiger partial charge in [-0.2, -0.15) is 11.8 Å². The third kappa shape index (κ3) is 4.13. The number of nitrogens with zero attached hydrogens (tertiary/aromatic N) is 2. The molecule has 1 aliphatic carbocycles. The Kier molecular flexibility index (Phi) is 5.07. The van der Waals surface area contributed by atoms with Gasteiger partial charge in [-0.15, -0.1) is 0 Å². The van der Waals surface area contributed by atoms with Crippen molar-refractivity contribution in [3.63, 3.8) is 0 Å². The van der Waals surface area contributed by atoms with E-state index < -0.39 is 0 Å². The minimum absolute atomic E-state index is 0.763. The summed E-state index contributed by atoms with van der Waals surface area (Å²) in [6.45, 7) is 7.77. The summed E-state index contributed by atoms with van der Waals surface area (Å²) in [6.07, 6.45) is 4.97. The van der Waals surface area contributed by atoms with Crippen molar-refractivity contribution in [2.75, 3.05) is 23.7 Å². The molecule has 0 aromatic carbocycles. The van der Waals surface area contributed by atoms with Gasteiger partial charge in [0.1, 0.15) is 5.82 Å². The number of anilines is 1. The van der Waals surface area contributed by atoms with Gasteiger partial charge in [0.2, 0.25) is 0 Å². The number of nitrogens with one attached hydrogen (secondary N) is 1. The molecule has 1 unspecified atom stereocenters. The van der Waals surface area contributed by atoms with Gasteiger partial charge >= 0.3 is 0 Å². The van der Waals surface area contributed by atoms with Crippen LogP contribution in [0.4, 0.5) is 5.82 Å². The van der Waals surface area contributed by atoms with Crippen LogP contribution in [0.1, 0.15) is 44.4 Å². The Morgan fingerprint density at radius 1 is 1.33 bits per heavy atom. The molecule has 0 radical (unpaired) electrons. The van der Waals surface area contributed by atoms with Crippen LogP contribution >= 0.6 is 11.8 Å². The third-order valence-corrected chi connectivity index (χ3v) is 5.75. The largest absolute Gasteiger partial charge is 0.355 e. The predicted molar refractivity (Wildman–Crippen MR) is 92.2 cm³/mol. The molecule has 2 fully saturated rings. The molecule has 3 nitrogen and oxygen atoms in total. The molecule has 0 bridgehead atoms. The highest BCUT2D eigenvalue weighted by Crippen LogP contribution is 2.26. The third-order valence-electron chi connectivity index (χ3n) is 4.38.